The van der Waals surface area contributed by atoms with Crippen LogP contribution >= 0.6 is 23.5 Å². The van der Waals surface area contributed by atoms with Crippen LogP contribution in [0, 0.1) is 11.5 Å². The van der Waals surface area contributed by atoms with Crippen molar-refractivity contribution in [2.75, 3.05) is 12.3 Å². The van der Waals surface area contributed by atoms with Gasteiger partial charge >= 0.3 is 16.3 Å². The van der Waals surface area contributed by atoms with Gasteiger partial charge in [-0.15, -0.1) is 22.0 Å². The van der Waals surface area contributed by atoms with Crippen molar-refractivity contribution in [2.24, 2.45) is 0 Å². The largest absolute Gasteiger partial charge is 0.477 e. The van der Waals surface area contributed by atoms with Crippen molar-refractivity contribution in [3.05, 3.63) is 11.3 Å². The molecule has 2 aliphatic rings. The van der Waals surface area contributed by atoms with E-state index in [1.54, 1.807) is 6.19 Å². The highest BCUT2D eigenvalue weighted by Gasteiger charge is 2.57. The van der Waals surface area contributed by atoms with Crippen molar-refractivity contribution in [3.8, 4) is 6.19 Å². The maximum Gasteiger partial charge on any atom is 0.352 e. The van der Waals surface area contributed by atoms with Crippen molar-refractivity contribution in [3.63, 3.8) is 0 Å². The Morgan fingerprint density at radius 3 is 2.78 bits per heavy atom. The van der Waals surface area contributed by atoms with Crippen LogP contribution in [0.1, 0.15) is 13.3 Å². The molecule has 0 aliphatic carbocycles. The van der Waals surface area contributed by atoms with Gasteiger partial charge in [0.2, 0.25) is 11.1 Å². The number of carboxylic acids is 1. The second-order valence-electron chi connectivity index (χ2n) is 6.48. The van der Waals surface area contributed by atoms with Crippen molar-refractivity contribution >= 4 is 51.6 Å². The van der Waals surface area contributed by atoms with Gasteiger partial charge < -0.3 is 5.11 Å². The Balaban J connectivity index is 1.93. The number of nitriles is 1. The van der Waals surface area contributed by atoms with E-state index in [0.717, 1.165) is 23.6 Å². The lowest BCUT2D eigenvalue weighted by molar-refractivity contribution is -0.156. The first kappa shape index (κ1) is 23.9. The summed E-state index contributed by atoms with van der Waals surface area (Å²) in [6.45, 7) is 0.897. The smallest absolute Gasteiger partial charge is 0.352 e. The molecule has 32 heavy (non-hydrogen) atoms. The van der Waals surface area contributed by atoms with E-state index in [0.29, 0.717) is 10.5 Å². The van der Waals surface area contributed by atoms with Gasteiger partial charge in [-0.3, -0.25) is 19.0 Å². The fraction of sp³-hybridized carbons (Fsp3) is 0.500. The molecule has 4 N–H and O–H groups in total. The zero-order valence-corrected chi connectivity index (χ0v) is 18.6. The minimum absolute atomic E-state index is 0.0273. The molecular formula is C14H16N8O7S3. The standard InChI is InChI=1S/C14H16N8O7S3/c1-6(23)21(5-15)10-11(24)22-9(13(25)26)7(4-30-12(10)22)8(2-3-16-32(27,28)29)31-14-17-19-20-18-14/h8,10,12,16H,2-4H2,1H3,(H,25,26)(H,27,28,29)(H,17,18,19,20)/t8?,10?,12-/m0/s1. The summed E-state index contributed by atoms with van der Waals surface area (Å²) in [4.78, 5) is 38.3. The van der Waals surface area contributed by atoms with Crippen molar-refractivity contribution in [2.45, 2.75) is 35.2 Å². The SMILES string of the molecule is CC(=O)N(C#N)C1C(=O)N2C(C(=O)O)=C(C(CCNS(=O)(=O)O)Sc3nn[nH]n3)CS[C@@H]12. The Hall–Kier alpha value is -2.72. The number of aliphatic carboxylic acids is 1. The van der Waals surface area contributed by atoms with Gasteiger partial charge in [-0.25, -0.2) is 9.69 Å². The van der Waals surface area contributed by atoms with Crippen LogP contribution in [-0.4, -0.2) is 95.2 Å². The van der Waals surface area contributed by atoms with E-state index in [1.165, 1.54) is 11.8 Å². The summed E-state index contributed by atoms with van der Waals surface area (Å²) in [7, 11) is -4.47. The molecule has 2 amide bonds. The van der Waals surface area contributed by atoms with Gasteiger partial charge in [-0.05, 0) is 17.2 Å². The molecule has 1 aromatic rings. The first-order valence-corrected chi connectivity index (χ1v) is 12.1. The molecule has 0 spiro atoms. The van der Waals surface area contributed by atoms with Crippen molar-refractivity contribution < 1.29 is 32.5 Å². The summed E-state index contributed by atoms with van der Waals surface area (Å²) >= 11 is 2.17. The molecule has 15 nitrogen and oxygen atoms in total. The van der Waals surface area contributed by atoms with E-state index in [4.69, 9.17) is 4.55 Å². The van der Waals surface area contributed by atoms with E-state index < -0.39 is 44.8 Å². The number of carbonyl (C=O) groups excluding carboxylic acids is 2. The first-order valence-electron chi connectivity index (χ1n) is 8.78. The number of aromatic nitrogens is 4. The average Bonchev–Trinajstić information content (AvgIpc) is 3.21. The molecule has 1 saturated heterocycles. The summed E-state index contributed by atoms with van der Waals surface area (Å²) in [5, 5.41) is 31.0. The minimum Gasteiger partial charge on any atom is -0.477 e. The molecular weight excluding hydrogens is 488 g/mol. The Morgan fingerprint density at radius 1 is 1.53 bits per heavy atom. The van der Waals surface area contributed by atoms with Crippen molar-refractivity contribution in [1.82, 2.24) is 35.1 Å². The number of β-lactam (4-membered cyclic amide) rings is 1. The molecule has 172 valence electrons. The van der Waals surface area contributed by atoms with Gasteiger partial charge in [0, 0.05) is 24.5 Å². The molecule has 1 aromatic heterocycles. The summed E-state index contributed by atoms with van der Waals surface area (Å²) in [6, 6.07) is -1.11. The van der Waals surface area contributed by atoms with Crippen LogP contribution in [0.25, 0.3) is 0 Å². The molecule has 18 heteroatoms. The van der Waals surface area contributed by atoms with Crippen LogP contribution in [-0.2, 0) is 24.7 Å². The van der Waals surface area contributed by atoms with Crippen LogP contribution in [0.3, 0.4) is 0 Å². The zero-order valence-electron chi connectivity index (χ0n) is 16.2. The number of fused-ring (bicyclic) bond motifs is 1. The molecule has 3 atom stereocenters. The second kappa shape index (κ2) is 9.41. The number of amides is 2. The third-order valence-corrected chi connectivity index (χ3v) is 7.60. The fourth-order valence-corrected chi connectivity index (χ4v) is 6.21. The summed E-state index contributed by atoms with van der Waals surface area (Å²) in [5.74, 6) is -2.64. The number of tetrazole rings is 1. The van der Waals surface area contributed by atoms with Gasteiger partial charge in [0.05, 0.1) is 0 Å². The lowest BCUT2D eigenvalue weighted by atomic mass is 9.99. The number of carbonyl (C=O) groups is 3. The lowest BCUT2D eigenvalue weighted by Gasteiger charge is -2.51. The monoisotopic (exact) mass is 504 g/mol. The molecule has 0 radical (unpaired) electrons. The number of H-pyrrole nitrogens is 1. The number of carboxylic acid groups (broad SMARTS) is 1. The summed E-state index contributed by atoms with van der Waals surface area (Å²) < 4.78 is 32.8. The van der Waals surface area contributed by atoms with Gasteiger partial charge in [-0.1, -0.05) is 11.8 Å². The Bertz CT molecular complexity index is 1100. The third kappa shape index (κ3) is 4.86. The normalized spacial score (nSPS) is 21.4. The maximum atomic E-state index is 12.7. The third-order valence-electron chi connectivity index (χ3n) is 4.55. The molecule has 0 bridgehead atoms. The number of nitrogens with zero attached hydrogens (tertiary/aromatic N) is 6. The van der Waals surface area contributed by atoms with Gasteiger partial charge in [0.15, 0.2) is 12.2 Å². The predicted molar refractivity (Wildman–Crippen MR) is 108 cm³/mol. The Labute approximate surface area is 189 Å². The number of hydrogen-bond donors (Lipinski definition) is 4. The zero-order chi connectivity index (χ0) is 23.6. The Kier molecular flexibility index (Phi) is 7.04. The van der Waals surface area contributed by atoms with E-state index >= 15 is 0 Å². The van der Waals surface area contributed by atoms with Gasteiger partial charge in [0.25, 0.3) is 5.91 Å². The van der Waals surface area contributed by atoms with Crippen LogP contribution in [0.5, 0.6) is 0 Å². The van der Waals surface area contributed by atoms with E-state index in [2.05, 4.69) is 20.6 Å². The van der Waals surface area contributed by atoms with Crippen LogP contribution in [0.4, 0.5) is 0 Å². The first-order chi connectivity index (χ1) is 15.0. The van der Waals surface area contributed by atoms with E-state index in [9.17, 15) is 33.2 Å². The number of thioether (sulfide) groups is 2. The van der Waals surface area contributed by atoms with Gasteiger partial charge in [0.1, 0.15) is 11.1 Å². The molecule has 0 saturated carbocycles. The fourth-order valence-electron chi connectivity index (χ4n) is 3.26. The van der Waals surface area contributed by atoms with Gasteiger partial charge in [-0.2, -0.15) is 23.6 Å². The number of rotatable bonds is 9. The molecule has 2 unspecified atom stereocenters. The highest BCUT2D eigenvalue weighted by Crippen LogP contribution is 2.45. The van der Waals surface area contributed by atoms with E-state index in [1.807, 2.05) is 4.72 Å². The molecule has 3 heterocycles. The second-order valence-corrected chi connectivity index (χ2v) is 10.00. The topological polar surface area (TPSA) is 223 Å². The van der Waals surface area contributed by atoms with Crippen LogP contribution < -0.4 is 4.72 Å². The summed E-state index contributed by atoms with van der Waals surface area (Å²) in [6.07, 6.45) is 1.68. The molecule has 1 fully saturated rings. The predicted octanol–water partition coefficient (Wildman–Crippen LogP) is -1.61. The Morgan fingerprint density at radius 2 is 2.25 bits per heavy atom. The lowest BCUT2D eigenvalue weighted by Crippen LogP contribution is -2.70. The highest BCUT2D eigenvalue weighted by molar-refractivity contribution is 8.01. The minimum atomic E-state index is -4.47. The maximum absolute atomic E-state index is 12.7. The molecule has 0 aromatic carbocycles. The average molecular weight is 505 g/mol. The summed E-state index contributed by atoms with van der Waals surface area (Å²) in [5.41, 5.74) is -0.0203. The van der Waals surface area contributed by atoms with Crippen molar-refractivity contribution in [1.29, 1.82) is 5.26 Å². The highest BCUT2D eigenvalue weighted by atomic mass is 32.2. The quantitative estimate of drug-likeness (QED) is 0.0978. The van der Waals surface area contributed by atoms with Crippen LogP contribution in [0.2, 0.25) is 0 Å². The number of hydrogen-bond acceptors (Lipinski definition) is 11. The number of nitrogens with one attached hydrogen (secondary N) is 2. The molecule has 2 aliphatic heterocycles. The molecule has 3 rings (SSSR count). The van der Waals surface area contributed by atoms with Crippen LogP contribution in [0.15, 0.2) is 16.4 Å². The van der Waals surface area contributed by atoms with E-state index in [-0.39, 0.29) is 29.6 Å². The number of aromatic amines is 1.